The lowest BCUT2D eigenvalue weighted by Gasteiger charge is -2.33. The number of H-pyrrole nitrogens is 1. The van der Waals surface area contributed by atoms with Gasteiger partial charge in [-0.05, 0) is 18.8 Å². The summed E-state index contributed by atoms with van der Waals surface area (Å²) in [5, 5.41) is 16.4. The summed E-state index contributed by atoms with van der Waals surface area (Å²) >= 11 is 0. The topological polar surface area (TPSA) is 116 Å². The Morgan fingerprint density at radius 2 is 2.00 bits per heavy atom. The Morgan fingerprint density at radius 1 is 1.29 bits per heavy atom. The molecule has 0 saturated carbocycles. The number of benzene rings is 1. The molecule has 1 atom stereocenters. The van der Waals surface area contributed by atoms with E-state index in [1.54, 1.807) is 4.90 Å². The highest BCUT2D eigenvalue weighted by atomic mass is 19.1. The van der Waals surface area contributed by atoms with E-state index in [0.717, 1.165) is 25.0 Å². The number of nitrogens with one attached hydrogen (secondary N) is 2. The number of tetrazole rings is 1. The van der Waals surface area contributed by atoms with Gasteiger partial charge in [-0.2, -0.15) is 5.21 Å². The summed E-state index contributed by atoms with van der Waals surface area (Å²) in [6.07, 6.45) is 0.881. The number of carbonyl (C=O) groups is 2. The maximum absolute atomic E-state index is 14.9. The van der Waals surface area contributed by atoms with Crippen molar-refractivity contribution in [2.24, 2.45) is 5.92 Å². The molecule has 2 aliphatic heterocycles. The van der Waals surface area contributed by atoms with Crippen LogP contribution in [0.3, 0.4) is 0 Å². The van der Waals surface area contributed by atoms with Gasteiger partial charge in [0.2, 0.25) is 5.91 Å². The Hall–Kier alpha value is -3.31. The minimum absolute atomic E-state index is 0.0843. The molecule has 166 valence electrons. The number of carbonyl (C=O) groups excluding carboxylic acids is 2. The van der Waals surface area contributed by atoms with E-state index in [-0.39, 0.29) is 30.4 Å². The molecule has 12 heteroatoms. The summed E-state index contributed by atoms with van der Waals surface area (Å²) in [6.45, 7) is 2.59. The molecular formula is C19H23F2N7O3. The number of aromatic amines is 1. The van der Waals surface area contributed by atoms with Crippen LogP contribution in [0.2, 0.25) is 0 Å². The number of nitrogens with zero attached hydrogens (tertiary/aromatic N) is 5. The fourth-order valence-corrected chi connectivity index (χ4v) is 3.99. The van der Waals surface area contributed by atoms with Crippen LogP contribution in [0.15, 0.2) is 12.1 Å². The van der Waals surface area contributed by atoms with Gasteiger partial charge in [-0.25, -0.2) is 13.6 Å². The number of anilines is 2. The van der Waals surface area contributed by atoms with E-state index in [4.69, 9.17) is 4.74 Å². The van der Waals surface area contributed by atoms with Crippen molar-refractivity contribution >= 4 is 23.4 Å². The summed E-state index contributed by atoms with van der Waals surface area (Å²) in [6, 6.07) is 2.29. The van der Waals surface area contributed by atoms with Crippen LogP contribution in [0.5, 0.6) is 0 Å². The number of hydrogen-bond donors (Lipinski definition) is 2. The quantitative estimate of drug-likeness (QED) is 0.705. The number of halogens is 2. The van der Waals surface area contributed by atoms with Crippen LogP contribution < -0.4 is 15.1 Å². The van der Waals surface area contributed by atoms with E-state index >= 15 is 0 Å². The Labute approximate surface area is 176 Å². The minimum Gasteiger partial charge on any atom is -0.442 e. The van der Waals surface area contributed by atoms with Crippen LogP contribution in [0.25, 0.3) is 0 Å². The van der Waals surface area contributed by atoms with Crippen molar-refractivity contribution < 1.29 is 23.1 Å². The minimum atomic E-state index is -0.732. The second-order valence-corrected chi connectivity index (χ2v) is 7.77. The molecule has 2 aromatic rings. The van der Waals surface area contributed by atoms with Crippen molar-refractivity contribution in [1.82, 2.24) is 25.9 Å². The summed E-state index contributed by atoms with van der Waals surface area (Å²) < 4.78 is 34.9. The Kier molecular flexibility index (Phi) is 5.96. The highest BCUT2D eigenvalue weighted by Crippen LogP contribution is 2.33. The van der Waals surface area contributed by atoms with Crippen LogP contribution >= 0.6 is 0 Å². The van der Waals surface area contributed by atoms with E-state index in [9.17, 15) is 18.4 Å². The predicted octanol–water partition coefficient (Wildman–Crippen LogP) is 1.40. The summed E-state index contributed by atoms with van der Waals surface area (Å²) in [5.74, 6) is -0.764. The summed E-state index contributed by atoms with van der Waals surface area (Å²) in [4.78, 5) is 26.0. The number of ether oxygens (including phenoxy) is 1. The van der Waals surface area contributed by atoms with Crippen LogP contribution in [0.1, 0.15) is 25.6 Å². The third-order valence-corrected chi connectivity index (χ3v) is 5.56. The zero-order chi connectivity index (χ0) is 22.0. The Bertz CT molecular complexity index is 925. The molecule has 2 aliphatic rings. The van der Waals surface area contributed by atoms with Gasteiger partial charge < -0.3 is 15.0 Å². The maximum atomic E-state index is 14.9. The maximum Gasteiger partial charge on any atom is 0.414 e. The first-order valence-corrected chi connectivity index (χ1v) is 10.1. The van der Waals surface area contributed by atoms with Crippen molar-refractivity contribution in [3.63, 3.8) is 0 Å². The van der Waals surface area contributed by atoms with E-state index in [1.165, 1.54) is 11.8 Å². The van der Waals surface area contributed by atoms with Gasteiger partial charge in [0.15, 0.2) is 17.5 Å². The molecule has 1 aromatic carbocycles. The Balaban J connectivity index is 1.41. The number of hydrogen-bond acceptors (Lipinski definition) is 7. The standard InChI is InChI=1S/C19H23F2N7O3/c1-11(29)22-9-14-10-28(19(30)31-14)13-7-15(20)18(16(21)8-13)27-4-2-12(3-5-27)6-17-23-25-26-24-17/h7-8,12,14H,2-6,9-10H2,1H3,(H,22,29)(H,23,24,25,26). The first-order valence-electron chi connectivity index (χ1n) is 10.1. The fraction of sp³-hybridized carbons (Fsp3) is 0.526. The van der Waals surface area contributed by atoms with Crippen molar-refractivity contribution in [1.29, 1.82) is 0 Å². The third-order valence-electron chi connectivity index (χ3n) is 5.56. The van der Waals surface area contributed by atoms with Crippen LogP contribution in [0, 0.1) is 17.6 Å². The lowest BCUT2D eigenvalue weighted by atomic mass is 9.93. The van der Waals surface area contributed by atoms with Crippen molar-refractivity contribution in [3.8, 4) is 0 Å². The number of amides is 2. The molecular weight excluding hydrogens is 412 g/mol. The molecule has 0 bridgehead atoms. The average Bonchev–Trinajstić information content (AvgIpc) is 3.36. The smallest absolute Gasteiger partial charge is 0.414 e. The number of piperidine rings is 1. The predicted molar refractivity (Wildman–Crippen MR) is 105 cm³/mol. The number of rotatable bonds is 6. The van der Waals surface area contributed by atoms with E-state index in [1.807, 2.05) is 0 Å². The SMILES string of the molecule is CC(=O)NCC1CN(c2cc(F)c(N3CCC(Cc4nn[nH]n4)CC3)c(F)c2)C(=O)O1. The second-order valence-electron chi connectivity index (χ2n) is 7.77. The molecule has 1 aromatic heterocycles. The largest absolute Gasteiger partial charge is 0.442 e. The van der Waals surface area contributed by atoms with Gasteiger partial charge in [0, 0.05) is 38.6 Å². The van der Waals surface area contributed by atoms with Crippen molar-refractivity contribution in [3.05, 3.63) is 29.6 Å². The molecule has 1 unspecified atom stereocenters. The molecule has 3 heterocycles. The number of cyclic esters (lactones) is 1. The van der Waals surface area contributed by atoms with Crippen LogP contribution in [-0.2, 0) is 16.0 Å². The molecule has 31 heavy (non-hydrogen) atoms. The molecule has 4 rings (SSSR count). The third kappa shape index (κ3) is 4.72. The zero-order valence-corrected chi connectivity index (χ0v) is 17.0. The van der Waals surface area contributed by atoms with Crippen molar-refractivity contribution in [2.75, 3.05) is 36.0 Å². The molecule has 10 nitrogen and oxygen atoms in total. The Morgan fingerprint density at radius 3 is 2.61 bits per heavy atom. The van der Waals surface area contributed by atoms with E-state index in [0.29, 0.717) is 31.3 Å². The van der Waals surface area contributed by atoms with Gasteiger partial charge in [0.25, 0.3) is 0 Å². The zero-order valence-electron chi connectivity index (χ0n) is 17.0. The fourth-order valence-electron chi connectivity index (χ4n) is 3.99. The lowest BCUT2D eigenvalue weighted by Crippen LogP contribution is -2.36. The number of aromatic nitrogens is 4. The van der Waals surface area contributed by atoms with E-state index < -0.39 is 23.8 Å². The molecule has 0 radical (unpaired) electrons. The molecule has 2 N–H and O–H groups in total. The summed E-state index contributed by atoms with van der Waals surface area (Å²) in [5.41, 5.74) is -0.00908. The van der Waals surface area contributed by atoms with Gasteiger partial charge >= 0.3 is 6.09 Å². The van der Waals surface area contributed by atoms with Gasteiger partial charge in [-0.3, -0.25) is 9.69 Å². The van der Waals surface area contributed by atoms with Crippen LogP contribution in [-0.4, -0.2) is 64.9 Å². The molecule has 0 spiro atoms. The molecule has 2 fully saturated rings. The first-order chi connectivity index (χ1) is 14.9. The van der Waals surface area contributed by atoms with Gasteiger partial charge in [0.05, 0.1) is 18.8 Å². The molecule has 0 aliphatic carbocycles. The normalized spacial score (nSPS) is 19.6. The monoisotopic (exact) mass is 435 g/mol. The van der Waals surface area contributed by atoms with Gasteiger partial charge in [0.1, 0.15) is 11.8 Å². The highest BCUT2D eigenvalue weighted by Gasteiger charge is 2.34. The second kappa shape index (κ2) is 8.82. The summed E-state index contributed by atoms with van der Waals surface area (Å²) in [7, 11) is 0. The first kappa shape index (κ1) is 20.9. The highest BCUT2D eigenvalue weighted by molar-refractivity contribution is 5.90. The van der Waals surface area contributed by atoms with E-state index in [2.05, 4.69) is 25.9 Å². The average molecular weight is 435 g/mol. The molecule has 2 amide bonds. The molecule has 2 saturated heterocycles. The van der Waals surface area contributed by atoms with Crippen molar-refractivity contribution in [2.45, 2.75) is 32.3 Å². The van der Waals surface area contributed by atoms with Gasteiger partial charge in [-0.15, -0.1) is 10.2 Å². The lowest BCUT2D eigenvalue weighted by molar-refractivity contribution is -0.119. The van der Waals surface area contributed by atoms with Crippen LogP contribution in [0.4, 0.5) is 25.0 Å². The van der Waals surface area contributed by atoms with Gasteiger partial charge in [-0.1, -0.05) is 5.21 Å².